The Bertz CT molecular complexity index is 207. The van der Waals surface area contributed by atoms with Crippen LogP contribution >= 0.6 is 0 Å². The SMILES string of the molecule is CCC(C)CN(CC)C(=N)C1CCCCC1. The minimum atomic E-state index is 0.553. The minimum Gasteiger partial charge on any atom is -0.360 e. The molecule has 1 N–H and O–H groups in total. The maximum absolute atomic E-state index is 8.33. The van der Waals surface area contributed by atoms with Crippen LogP contribution in [0.3, 0.4) is 0 Å². The second-order valence-electron chi connectivity index (χ2n) is 5.27. The molecule has 0 bridgehead atoms. The molecule has 0 heterocycles. The van der Waals surface area contributed by atoms with E-state index in [-0.39, 0.29) is 0 Å². The predicted octanol–water partition coefficient (Wildman–Crippen LogP) is 3.91. The Balaban J connectivity index is 2.47. The summed E-state index contributed by atoms with van der Waals surface area (Å²) in [5.41, 5.74) is 0. The molecule has 0 amide bonds. The zero-order chi connectivity index (χ0) is 12.0. The molecule has 1 atom stereocenters. The van der Waals surface area contributed by atoms with Crippen molar-refractivity contribution < 1.29 is 0 Å². The van der Waals surface area contributed by atoms with E-state index in [1.54, 1.807) is 0 Å². The van der Waals surface area contributed by atoms with Gasteiger partial charge in [-0.2, -0.15) is 0 Å². The summed E-state index contributed by atoms with van der Waals surface area (Å²) in [6, 6.07) is 0. The first-order chi connectivity index (χ1) is 7.69. The van der Waals surface area contributed by atoms with Gasteiger partial charge in [0.15, 0.2) is 0 Å². The fourth-order valence-electron chi connectivity index (χ4n) is 2.54. The Labute approximate surface area is 101 Å². The largest absolute Gasteiger partial charge is 0.360 e. The van der Waals surface area contributed by atoms with E-state index in [1.807, 2.05) is 0 Å². The molecular formula is C14H28N2. The first-order valence-electron chi connectivity index (χ1n) is 7.02. The van der Waals surface area contributed by atoms with E-state index in [0.717, 1.165) is 18.9 Å². The quantitative estimate of drug-likeness (QED) is 0.556. The Hall–Kier alpha value is -0.530. The van der Waals surface area contributed by atoms with Crippen molar-refractivity contribution in [2.24, 2.45) is 11.8 Å². The van der Waals surface area contributed by atoms with Crippen molar-refractivity contribution in [2.45, 2.75) is 59.3 Å². The lowest BCUT2D eigenvalue weighted by atomic mass is 9.87. The Morgan fingerprint density at radius 1 is 1.25 bits per heavy atom. The molecular weight excluding hydrogens is 196 g/mol. The van der Waals surface area contributed by atoms with Gasteiger partial charge >= 0.3 is 0 Å². The van der Waals surface area contributed by atoms with Gasteiger partial charge in [0, 0.05) is 19.0 Å². The second-order valence-corrected chi connectivity index (χ2v) is 5.27. The molecule has 1 saturated carbocycles. The summed E-state index contributed by atoms with van der Waals surface area (Å²) in [5.74, 6) is 2.18. The van der Waals surface area contributed by atoms with Crippen LogP contribution in [0.4, 0.5) is 0 Å². The summed E-state index contributed by atoms with van der Waals surface area (Å²) in [6.07, 6.45) is 7.74. The smallest absolute Gasteiger partial charge is 0.0989 e. The van der Waals surface area contributed by atoms with Crippen molar-refractivity contribution >= 4 is 5.84 Å². The van der Waals surface area contributed by atoms with Gasteiger partial charge in [-0.15, -0.1) is 0 Å². The third-order valence-electron chi connectivity index (χ3n) is 3.94. The lowest BCUT2D eigenvalue weighted by Gasteiger charge is -2.32. The van der Waals surface area contributed by atoms with Gasteiger partial charge in [0.2, 0.25) is 0 Å². The standard InChI is InChI=1S/C14H28N2/c1-4-12(3)11-16(5-2)14(15)13-9-7-6-8-10-13/h12-13,15H,4-11H2,1-3H3. The number of hydrogen-bond donors (Lipinski definition) is 1. The number of nitrogens with one attached hydrogen (secondary N) is 1. The molecule has 2 nitrogen and oxygen atoms in total. The molecule has 0 spiro atoms. The average Bonchev–Trinajstić information content (AvgIpc) is 2.35. The molecule has 16 heavy (non-hydrogen) atoms. The van der Waals surface area contributed by atoms with Crippen LogP contribution in [0.1, 0.15) is 59.3 Å². The summed E-state index contributed by atoms with van der Waals surface area (Å²) in [7, 11) is 0. The molecule has 1 rings (SSSR count). The van der Waals surface area contributed by atoms with Crippen LogP contribution in [0.15, 0.2) is 0 Å². The van der Waals surface area contributed by atoms with Crippen LogP contribution in [-0.4, -0.2) is 23.8 Å². The van der Waals surface area contributed by atoms with Gasteiger partial charge in [-0.1, -0.05) is 39.5 Å². The number of rotatable bonds is 5. The van der Waals surface area contributed by atoms with Crippen molar-refractivity contribution in [1.82, 2.24) is 4.90 Å². The Kier molecular flexibility index (Phi) is 5.86. The van der Waals surface area contributed by atoms with E-state index >= 15 is 0 Å². The predicted molar refractivity (Wildman–Crippen MR) is 71.0 cm³/mol. The molecule has 0 aromatic heterocycles. The normalized spacial score (nSPS) is 19.4. The lowest BCUT2D eigenvalue weighted by molar-refractivity contribution is 0.321. The van der Waals surface area contributed by atoms with Crippen LogP contribution < -0.4 is 0 Å². The average molecular weight is 224 g/mol. The van der Waals surface area contributed by atoms with E-state index in [9.17, 15) is 0 Å². The highest BCUT2D eigenvalue weighted by molar-refractivity contribution is 5.81. The molecule has 0 radical (unpaired) electrons. The summed E-state index contributed by atoms with van der Waals surface area (Å²) < 4.78 is 0. The third-order valence-corrected chi connectivity index (χ3v) is 3.94. The Morgan fingerprint density at radius 3 is 2.38 bits per heavy atom. The van der Waals surface area contributed by atoms with Crippen molar-refractivity contribution in [3.05, 3.63) is 0 Å². The maximum atomic E-state index is 8.33. The summed E-state index contributed by atoms with van der Waals surface area (Å²) in [6.45, 7) is 8.78. The fourth-order valence-corrected chi connectivity index (χ4v) is 2.54. The minimum absolute atomic E-state index is 0.553. The van der Waals surface area contributed by atoms with Gasteiger partial charge in [-0.3, -0.25) is 5.41 Å². The zero-order valence-corrected chi connectivity index (χ0v) is 11.3. The highest BCUT2D eigenvalue weighted by Crippen LogP contribution is 2.25. The van der Waals surface area contributed by atoms with E-state index in [0.29, 0.717) is 11.8 Å². The van der Waals surface area contributed by atoms with Crippen molar-refractivity contribution in [3.63, 3.8) is 0 Å². The Morgan fingerprint density at radius 2 is 1.88 bits per heavy atom. The van der Waals surface area contributed by atoms with Crippen LogP contribution in [-0.2, 0) is 0 Å². The molecule has 0 aliphatic heterocycles. The van der Waals surface area contributed by atoms with Crippen LogP contribution in [0.2, 0.25) is 0 Å². The van der Waals surface area contributed by atoms with Crippen molar-refractivity contribution in [3.8, 4) is 0 Å². The third kappa shape index (κ3) is 3.80. The summed E-state index contributed by atoms with van der Waals surface area (Å²) in [5, 5.41) is 8.33. The lowest BCUT2D eigenvalue weighted by Crippen LogP contribution is -2.39. The highest BCUT2D eigenvalue weighted by Gasteiger charge is 2.22. The number of hydrogen-bond acceptors (Lipinski definition) is 1. The molecule has 1 fully saturated rings. The van der Waals surface area contributed by atoms with E-state index in [2.05, 4.69) is 25.7 Å². The van der Waals surface area contributed by atoms with Crippen LogP contribution in [0.5, 0.6) is 0 Å². The van der Waals surface area contributed by atoms with Gasteiger partial charge in [0.1, 0.15) is 0 Å². The summed E-state index contributed by atoms with van der Waals surface area (Å²) in [4.78, 5) is 2.30. The molecule has 1 aliphatic rings. The number of nitrogens with zero attached hydrogens (tertiary/aromatic N) is 1. The number of amidine groups is 1. The van der Waals surface area contributed by atoms with E-state index in [1.165, 1.54) is 38.5 Å². The first kappa shape index (κ1) is 13.5. The first-order valence-corrected chi connectivity index (χ1v) is 7.02. The van der Waals surface area contributed by atoms with Crippen LogP contribution in [0.25, 0.3) is 0 Å². The molecule has 0 aromatic carbocycles. The molecule has 1 unspecified atom stereocenters. The molecule has 0 aromatic rings. The second kappa shape index (κ2) is 6.93. The summed E-state index contributed by atoms with van der Waals surface area (Å²) >= 11 is 0. The van der Waals surface area contributed by atoms with Crippen molar-refractivity contribution in [2.75, 3.05) is 13.1 Å². The topological polar surface area (TPSA) is 27.1 Å². The molecule has 2 heteroatoms. The molecule has 1 aliphatic carbocycles. The van der Waals surface area contributed by atoms with Gasteiger partial charge in [0.05, 0.1) is 5.84 Å². The highest BCUT2D eigenvalue weighted by atomic mass is 15.2. The van der Waals surface area contributed by atoms with Gasteiger partial charge < -0.3 is 4.90 Å². The van der Waals surface area contributed by atoms with Gasteiger partial charge in [-0.25, -0.2) is 0 Å². The zero-order valence-electron chi connectivity index (χ0n) is 11.3. The fraction of sp³-hybridized carbons (Fsp3) is 0.929. The van der Waals surface area contributed by atoms with E-state index in [4.69, 9.17) is 5.41 Å². The molecule has 0 saturated heterocycles. The van der Waals surface area contributed by atoms with Gasteiger partial charge in [0.25, 0.3) is 0 Å². The molecule has 94 valence electrons. The van der Waals surface area contributed by atoms with Gasteiger partial charge in [-0.05, 0) is 25.7 Å². The monoisotopic (exact) mass is 224 g/mol. The van der Waals surface area contributed by atoms with Crippen LogP contribution in [0, 0.1) is 17.2 Å². The van der Waals surface area contributed by atoms with E-state index < -0.39 is 0 Å². The maximum Gasteiger partial charge on any atom is 0.0989 e. The van der Waals surface area contributed by atoms with Crippen molar-refractivity contribution in [1.29, 1.82) is 5.41 Å².